The van der Waals surface area contributed by atoms with Crippen molar-refractivity contribution < 1.29 is 0 Å². The van der Waals surface area contributed by atoms with Crippen LogP contribution in [-0.4, -0.2) is 20.7 Å². The Morgan fingerprint density at radius 3 is 1.07 bits per heavy atom. The minimum atomic E-state index is 0.897. The Morgan fingerprint density at radius 2 is 0.661 bits per heavy atom. The van der Waals surface area contributed by atoms with Gasteiger partial charge in [-0.2, -0.15) is 0 Å². The van der Waals surface area contributed by atoms with Crippen LogP contribution in [0.1, 0.15) is 50.3 Å². The van der Waals surface area contributed by atoms with Gasteiger partial charge in [0.2, 0.25) is 0 Å². The summed E-state index contributed by atoms with van der Waals surface area (Å²) in [4.78, 5) is 19.0. The summed E-state index contributed by atoms with van der Waals surface area (Å²) in [6.07, 6.45) is 4.33. The van der Waals surface area contributed by atoms with E-state index in [1.165, 1.54) is 27.8 Å². The average molecular weight is 761 g/mol. The zero-order valence-corrected chi connectivity index (χ0v) is 34.0. The van der Waals surface area contributed by atoms with Crippen LogP contribution in [0.2, 0.25) is 0 Å². The third kappa shape index (κ3) is 6.73. The van der Waals surface area contributed by atoms with Crippen molar-refractivity contribution in [3.05, 3.63) is 202 Å². The molecule has 59 heavy (non-hydrogen) atoms. The second-order valence-electron chi connectivity index (χ2n) is 16.0. The molecule has 2 aliphatic rings. The van der Waals surface area contributed by atoms with Gasteiger partial charge in [0.15, 0.2) is 0 Å². The molecule has 284 valence electrons. The number of fused-ring (bicyclic) bond motifs is 8. The largest absolute Gasteiger partial charge is 0.354 e. The van der Waals surface area contributed by atoms with E-state index >= 15 is 0 Å². The van der Waals surface area contributed by atoms with Gasteiger partial charge in [-0.1, -0.05) is 149 Å². The maximum absolute atomic E-state index is 5.62. The lowest BCUT2D eigenvalue weighted by Gasteiger charge is -2.10. The summed E-state index contributed by atoms with van der Waals surface area (Å²) in [7, 11) is 0. The van der Waals surface area contributed by atoms with Gasteiger partial charge in [0.1, 0.15) is 0 Å². The van der Waals surface area contributed by atoms with Gasteiger partial charge in [0.25, 0.3) is 0 Å². The maximum atomic E-state index is 5.62. The molecule has 5 heterocycles. The molecule has 8 aromatic rings. The third-order valence-electron chi connectivity index (χ3n) is 11.6. The summed E-state index contributed by atoms with van der Waals surface area (Å²) in [5.41, 5.74) is 24.4. The lowest BCUT2D eigenvalue weighted by molar-refractivity contribution is 1.31. The minimum absolute atomic E-state index is 0.897. The molecule has 4 heteroatoms. The van der Waals surface area contributed by atoms with E-state index in [0.29, 0.717) is 0 Å². The summed E-state index contributed by atoms with van der Waals surface area (Å²) < 4.78 is 0. The fraction of sp³-hybridized carbons (Fsp3) is 0.0909. The highest BCUT2D eigenvalue weighted by atomic mass is 14.8. The Labute approximate surface area is 345 Å². The number of nitrogens with one attached hydrogen (secondary N) is 2. The highest BCUT2D eigenvalue weighted by Gasteiger charge is 2.23. The molecule has 0 saturated heterocycles. The van der Waals surface area contributed by atoms with Crippen LogP contribution in [0.15, 0.2) is 157 Å². The number of aromatic nitrogens is 3. The van der Waals surface area contributed by atoms with Gasteiger partial charge in [-0.3, -0.25) is 0 Å². The molecule has 2 aliphatic heterocycles. The van der Waals surface area contributed by atoms with Crippen molar-refractivity contribution in [1.82, 2.24) is 15.0 Å². The van der Waals surface area contributed by atoms with Gasteiger partial charge in [-0.15, -0.1) is 0 Å². The highest BCUT2D eigenvalue weighted by molar-refractivity contribution is 6.22. The van der Waals surface area contributed by atoms with Crippen LogP contribution in [0.3, 0.4) is 0 Å². The standard InChI is InChI=1S/C55H44N4/c1-33-6-16-38(17-7-33)51-43-32-50(59-55(43)42-24-14-37(5)15-25-42)54(41-22-12-36(4)13-23-41)49-31-30-48(58-49)53(40-20-10-35(3)11-21-40)47-29-28-46(57-47)52(45-27-26-44(51)56-45)39-18-8-34(2)9-19-39/h6-32,56,58H,1-5H3. The quantitative estimate of drug-likeness (QED) is 0.180. The molecule has 0 spiro atoms. The summed E-state index contributed by atoms with van der Waals surface area (Å²) in [5, 5.41) is 0. The van der Waals surface area contributed by atoms with Crippen LogP contribution in [0, 0.1) is 34.6 Å². The van der Waals surface area contributed by atoms with E-state index < -0.39 is 0 Å². The molecule has 0 unspecified atom stereocenters. The summed E-state index contributed by atoms with van der Waals surface area (Å²) >= 11 is 0. The molecule has 0 aliphatic carbocycles. The molecule has 0 fully saturated rings. The van der Waals surface area contributed by atoms with Crippen LogP contribution in [-0.2, 0) is 0 Å². The van der Waals surface area contributed by atoms with Gasteiger partial charge in [-0.05, 0) is 99.4 Å². The third-order valence-corrected chi connectivity index (χ3v) is 11.6. The summed E-state index contributed by atoms with van der Waals surface area (Å²) in [6, 6.07) is 55.0. The van der Waals surface area contributed by atoms with Crippen molar-refractivity contribution in [2.45, 2.75) is 34.6 Å². The Balaban J connectivity index is 1.42. The van der Waals surface area contributed by atoms with Crippen LogP contribution in [0.25, 0.3) is 78.7 Å². The predicted molar refractivity (Wildman–Crippen MR) is 249 cm³/mol. The molecule has 10 rings (SSSR count). The van der Waals surface area contributed by atoms with Crippen LogP contribution < -0.4 is 0 Å². The topological polar surface area (TPSA) is 56.8 Å². The number of hydrogen-bond donors (Lipinski definition) is 2. The zero-order chi connectivity index (χ0) is 40.2. The van der Waals surface area contributed by atoms with Crippen molar-refractivity contribution in [2.75, 3.05) is 0 Å². The number of rotatable bonds is 5. The lowest BCUT2D eigenvalue weighted by Crippen LogP contribution is -2.02. The van der Waals surface area contributed by atoms with Gasteiger partial charge < -0.3 is 9.97 Å². The number of hydrogen-bond acceptors (Lipinski definition) is 2. The van der Waals surface area contributed by atoms with E-state index in [9.17, 15) is 0 Å². The number of benzene rings is 5. The Hall–Kier alpha value is -7.30. The van der Waals surface area contributed by atoms with Crippen molar-refractivity contribution in [2.24, 2.45) is 4.99 Å². The average Bonchev–Trinajstić information content (AvgIpc) is 4.08. The summed E-state index contributed by atoms with van der Waals surface area (Å²) in [6.45, 7) is 10.7. The van der Waals surface area contributed by atoms with E-state index in [0.717, 1.165) is 100 Å². The monoisotopic (exact) mass is 760 g/mol. The first-order chi connectivity index (χ1) is 28.8. The zero-order valence-electron chi connectivity index (χ0n) is 34.0. The first-order valence-electron chi connectivity index (χ1n) is 20.3. The fourth-order valence-electron chi connectivity index (χ4n) is 8.34. The van der Waals surface area contributed by atoms with Crippen LogP contribution in [0.5, 0.6) is 0 Å². The van der Waals surface area contributed by atoms with Gasteiger partial charge in [0.05, 0.1) is 22.8 Å². The Bertz CT molecular complexity index is 3140. The predicted octanol–water partition coefficient (Wildman–Crippen LogP) is 14.5. The van der Waals surface area contributed by atoms with Gasteiger partial charge >= 0.3 is 0 Å². The van der Waals surface area contributed by atoms with Crippen molar-refractivity contribution in [1.29, 1.82) is 0 Å². The normalized spacial score (nSPS) is 12.2. The molecular formula is C55H44N4. The minimum Gasteiger partial charge on any atom is -0.354 e. The number of nitrogens with zero attached hydrogens (tertiary/aromatic N) is 2. The van der Waals surface area contributed by atoms with E-state index in [-0.39, 0.29) is 0 Å². The smallest absolute Gasteiger partial charge is 0.0789 e. The molecule has 0 atom stereocenters. The second-order valence-corrected chi connectivity index (χ2v) is 16.0. The van der Waals surface area contributed by atoms with Crippen molar-refractivity contribution >= 4 is 45.6 Å². The molecule has 8 bridgehead atoms. The van der Waals surface area contributed by atoms with Gasteiger partial charge in [0, 0.05) is 55.4 Å². The molecule has 0 saturated carbocycles. The number of aliphatic imine (C=N–C) groups is 1. The molecule has 4 nitrogen and oxygen atoms in total. The first-order valence-corrected chi connectivity index (χ1v) is 20.3. The van der Waals surface area contributed by atoms with E-state index in [1.54, 1.807) is 0 Å². The van der Waals surface area contributed by atoms with Crippen molar-refractivity contribution in [3.63, 3.8) is 0 Å². The fourth-order valence-corrected chi connectivity index (χ4v) is 8.34. The molecule has 0 amide bonds. The molecule has 2 N–H and O–H groups in total. The van der Waals surface area contributed by atoms with E-state index in [4.69, 9.17) is 9.98 Å². The second kappa shape index (κ2) is 14.6. The molecule has 0 radical (unpaired) electrons. The van der Waals surface area contributed by atoms with E-state index in [1.807, 2.05) is 0 Å². The molecular weight excluding hydrogens is 717 g/mol. The lowest BCUT2D eigenvalue weighted by atomic mass is 9.94. The van der Waals surface area contributed by atoms with Gasteiger partial charge in [-0.25, -0.2) is 9.98 Å². The van der Waals surface area contributed by atoms with Crippen molar-refractivity contribution in [3.8, 4) is 44.5 Å². The first kappa shape index (κ1) is 36.1. The molecule has 5 aromatic carbocycles. The number of aromatic amines is 2. The highest BCUT2D eigenvalue weighted by Crippen LogP contribution is 2.43. The maximum Gasteiger partial charge on any atom is 0.0789 e. The Kier molecular flexibility index (Phi) is 8.91. The number of aryl methyl sites for hydroxylation is 5. The van der Waals surface area contributed by atoms with Crippen LogP contribution >= 0.6 is 0 Å². The van der Waals surface area contributed by atoms with Crippen LogP contribution in [0.4, 0.5) is 5.69 Å². The Morgan fingerprint density at radius 1 is 0.339 bits per heavy atom. The molecule has 3 aromatic heterocycles. The summed E-state index contributed by atoms with van der Waals surface area (Å²) in [5.74, 6) is 0. The number of H-pyrrole nitrogens is 2. The van der Waals surface area contributed by atoms with E-state index in [2.05, 4.69) is 208 Å². The SMILES string of the molecule is Cc1ccc(C2=Nc3cc2c(-c2ccc(C)cc2)c2ccc([nH]2)c(-c2ccc(C)cc2)c2nc(c(-c4ccc(C)cc4)c4ccc([nH]4)c3-c3ccc(C)cc3)C=C2)cc1.